The number of hydrogen-bond acceptors (Lipinski definition) is 3. The topological polar surface area (TPSA) is 80.2 Å². The van der Waals surface area contributed by atoms with Crippen molar-refractivity contribution in [2.45, 2.75) is 59.5 Å². The van der Waals surface area contributed by atoms with Gasteiger partial charge in [-0.1, -0.05) is 13.3 Å². The van der Waals surface area contributed by atoms with Crippen LogP contribution in [0.25, 0.3) is 0 Å². The zero-order valence-electron chi connectivity index (χ0n) is 18.9. The number of aromatic nitrogens is 1. The lowest BCUT2D eigenvalue weighted by Crippen LogP contribution is -2.41. The number of benzene rings is 1. The lowest BCUT2D eigenvalue weighted by atomic mass is 10.0. The third-order valence-electron chi connectivity index (χ3n) is 6.32. The van der Waals surface area contributed by atoms with Crippen LogP contribution in [0.2, 0.25) is 0 Å². The van der Waals surface area contributed by atoms with Gasteiger partial charge in [-0.3, -0.25) is 14.4 Å². The lowest BCUT2D eigenvalue weighted by molar-refractivity contribution is -0.117. The number of carbonyl (C=O) groups is 3. The molecule has 6 nitrogen and oxygen atoms in total. The van der Waals surface area contributed by atoms with E-state index in [0.29, 0.717) is 22.5 Å². The fourth-order valence-electron chi connectivity index (χ4n) is 4.50. The Hall–Kier alpha value is -3.03. The SMILES string of the molecule is Cc1cc(NC(=O)c2c(C)c(C(=O)C(=O)N[C@@H]3CCC[C@H]3C)n(CCF)c2C)ccc1F. The smallest absolute Gasteiger partial charge is 0.294 e. The zero-order valence-corrected chi connectivity index (χ0v) is 18.9. The monoisotopic (exact) mass is 445 g/mol. The number of ketones is 1. The molecular weight excluding hydrogens is 416 g/mol. The van der Waals surface area contributed by atoms with E-state index in [9.17, 15) is 23.2 Å². The molecule has 32 heavy (non-hydrogen) atoms. The highest BCUT2D eigenvalue weighted by molar-refractivity contribution is 6.43. The van der Waals surface area contributed by atoms with E-state index < -0.39 is 24.3 Å². The highest BCUT2D eigenvalue weighted by Crippen LogP contribution is 2.27. The molecule has 0 bridgehead atoms. The van der Waals surface area contributed by atoms with Crippen molar-refractivity contribution in [1.29, 1.82) is 0 Å². The van der Waals surface area contributed by atoms with E-state index in [1.165, 1.54) is 22.8 Å². The molecular formula is C24H29F2N3O3. The van der Waals surface area contributed by atoms with Crippen molar-refractivity contribution in [1.82, 2.24) is 9.88 Å². The quantitative estimate of drug-likeness (QED) is 0.494. The summed E-state index contributed by atoms with van der Waals surface area (Å²) in [5.74, 6) is -2.14. The van der Waals surface area contributed by atoms with Crippen LogP contribution in [-0.2, 0) is 11.3 Å². The van der Waals surface area contributed by atoms with Crippen LogP contribution in [0.4, 0.5) is 14.5 Å². The zero-order chi connectivity index (χ0) is 23.6. The van der Waals surface area contributed by atoms with Crippen LogP contribution in [0.1, 0.15) is 63.9 Å². The Morgan fingerprint density at radius 3 is 2.47 bits per heavy atom. The van der Waals surface area contributed by atoms with Gasteiger partial charge in [-0.15, -0.1) is 0 Å². The van der Waals surface area contributed by atoms with Crippen molar-refractivity contribution in [3.8, 4) is 0 Å². The Kier molecular flexibility index (Phi) is 7.11. The molecule has 2 aromatic rings. The molecule has 0 spiro atoms. The van der Waals surface area contributed by atoms with E-state index in [0.717, 1.165) is 19.3 Å². The number of amides is 2. The van der Waals surface area contributed by atoms with E-state index in [1.54, 1.807) is 20.8 Å². The second kappa shape index (κ2) is 9.63. The van der Waals surface area contributed by atoms with Gasteiger partial charge in [0.2, 0.25) is 0 Å². The molecule has 3 rings (SSSR count). The number of hydrogen-bond donors (Lipinski definition) is 2. The molecule has 1 aromatic heterocycles. The summed E-state index contributed by atoms with van der Waals surface area (Å²) in [6.45, 7) is 5.90. The molecule has 0 aliphatic heterocycles. The van der Waals surface area contributed by atoms with Gasteiger partial charge in [-0.25, -0.2) is 8.78 Å². The first-order valence-electron chi connectivity index (χ1n) is 10.8. The Morgan fingerprint density at radius 1 is 1.16 bits per heavy atom. The minimum atomic E-state index is -0.783. The summed E-state index contributed by atoms with van der Waals surface area (Å²) in [5, 5.41) is 5.50. The normalized spacial score (nSPS) is 17.9. The van der Waals surface area contributed by atoms with Crippen LogP contribution in [0.5, 0.6) is 0 Å². The summed E-state index contributed by atoms with van der Waals surface area (Å²) in [6, 6.07) is 4.12. The number of anilines is 1. The molecule has 1 aliphatic carbocycles. The van der Waals surface area contributed by atoms with E-state index in [-0.39, 0.29) is 35.6 Å². The first-order valence-corrected chi connectivity index (χ1v) is 10.8. The molecule has 1 fully saturated rings. The average molecular weight is 446 g/mol. The molecule has 0 saturated heterocycles. The van der Waals surface area contributed by atoms with Crippen molar-refractivity contribution in [2.24, 2.45) is 5.92 Å². The summed E-state index contributed by atoms with van der Waals surface area (Å²) < 4.78 is 28.2. The van der Waals surface area contributed by atoms with Crippen molar-refractivity contribution >= 4 is 23.3 Å². The predicted octanol–water partition coefficient (Wildman–Crippen LogP) is 4.26. The largest absolute Gasteiger partial charge is 0.346 e. The molecule has 1 saturated carbocycles. The second-order valence-electron chi connectivity index (χ2n) is 8.51. The van der Waals surface area contributed by atoms with Crippen LogP contribution in [0.3, 0.4) is 0 Å². The molecule has 0 radical (unpaired) electrons. The second-order valence-corrected chi connectivity index (χ2v) is 8.51. The van der Waals surface area contributed by atoms with Gasteiger partial charge in [0.25, 0.3) is 17.6 Å². The van der Waals surface area contributed by atoms with Gasteiger partial charge in [0.1, 0.15) is 12.5 Å². The average Bonchev–Trinajstić information content (AvgIpc) is 3.24. The lowest BCUT2D eigenvalue weighted by Gasteiger charge is -2.17. The Morgan fingerprint density at radius 2 is 1.88 bits per heavy atom. The van der Waals surface area contributed by atoms with Gasteiger partial charge in [-0.2, -0.15) is 0 Å². The minimum absolute atomic E-state index is 0.0173. The number of halogens is 2. The van der Waals surface area contributed by atoms with E-state index >= 15 is 0 Å². The van der Waals surface area contributed by atoms with Crippen molar-refractivity contribution in [3.05, 3.63) is 52.1 Å². The maximum atomic E-state index is 13.5. The molecule has 2 N–H and O–H groups in total. The van der Waals surface area contributed by atoms with E-state index in [4.69, 9.17) is 0 Å². The summed E-state index contributed by atoms with van der Waals surface area (Å²) >= 11 is 0. The molecule has 1 aromatic carbocycles. The van der Waals surface area contributed by atoms with Crippen molar-refractivity contribution in [3.63, 3.8) is 0 Å². The van der Waals surface area contributed by atoms with Crippen LogP contribution < -0.4 is 10.6 Å². The summed E-state index contributed by atoms with van der Waals surface area (Å²) in [6.07, 6.45) is 2.79. The van der Waals surface area contributed by atoms with Crippen LogP contribution in [-0.4, -0.2) is 34.9 Å². The number of alkyl halides is 1. The molecule has 2 amide bonds. The van der Waals surface area contributed by atoms with Gasteiger partial charge >= 0.3 is 0 Å². The molecule has 172 valence electrons. The highest BCUT2D eigenvalue weighted by Gasteiger charge is 2.32. The van der Waals surface area contributed by atoms with Crippen LogP contribution >= 0.6 is 0 Å². The number of carbonyl (C=O) groups excluding carboxylic acids is 3. The van der Waals surface area contributed by atoms with Gasteiger partial charge in [0, 0.05) is 17.4 Å². The third-order valence-corrected chi connectivity index (χ3v) is 6.32. The fourth-order valence-corrected chi connectivity index (χ4v) is 4.50. The van der Waals surface area contributed by atoms with E-state index in [2.05, 4.69) is 10.6 Å². The Bertz CT molecular complexity index is 1060. The summed E-state index contributed by atoms with van der Waals surface area (Å²) in [4.78, 5) is 38.8. The van der Waals surface area contributed by atoms with Gasteiger partial charge in [-0.05, 0) is 68.9 Å². The minimum Gasteiger partial charge on any atom is -0.346 e. The number of nitrogens with zero attached hydrogens (tertiary/aromatic N) is 1. The number of nitrogens with one attached hydrogen (secondary N) is 2. The van der Waals surface area contributed by atoms with Crippen molar-refractivity contribution < 1.29 is 23.2 Å². The maximum absolute atomic E-state index is 13.5. The van der Waals surface area contributed by atoms with Crippen LogP contribution in [0.15, 0.2) is 18.2 Å². The highest BCUT2D eigenvalue weighted by atomic mass is 19.1. The Balaban J connectivity index is 1.92. The molecule has 8 heteroatoms. The molecule has 0 unspecified atom stereocenters. The molecule has 1 heterocycles. The number of aryl methyl sites for hydroxylation is 1. The maximum Gasteiger partial charge on any atom is 0.294 e. The number of Topliss-reactive ketones (excluding diaryl/α,β-unsaturated/α-hetero) is 1. The molecule has 2 atom stereocenters. The predicted molar refractivity (Wildman–Crippen MR) is 118 cm³/mol. The van der Waals surface area contributed by atoms with Gasteiger partial charge in [0.15, 0.2) is 0 Å². The first-order chi connectivity index (χ1) is 15.1. The standard InChI is InChI=1S/C24H29F2N3O3/c1-13-6-5-7-19(13)28-24(32)22(30)21-15(3)20(16(4)29(21)11-10-25)23(31)27-17-8-9-18(26)14(2)12-17/h8-9,12-13,19H,5-7,10-11H2,1-4H3,(H,27,31)(H,28,32)/t13-,19-/m1/s1. The molecule has 1 aliphatic rings. The van der Waals surface area contributed by atoms with Gasteiger partial charge < -0.3 is 15.2 Å². The number of rotatable bonds is 7. The fraction of sp³-hybridized carbons (Fsp3) is 0.458. The van der Waals surface area contributed by atoms with Crippen molar-refractivity contribution in [2.75, 3.05) is 12.0 Å². The summed E-state index contributed by atoms with van der Waals surface area (Å²) in [7, 11) is 0. The Labute approximate surface area is 186 Å². The van der Waals surface area contributed by atoms with Crippen LogP contribution in [0, 0.1) is 32.5 Å². The third kappa shape index (κ3) is 4.59. The first kappa shape index (κ1) is 23.6. The van der Waals surface area contributed by atoms with E-state index in [1.807, 2.05) is 6.92 Å². The summed E-state index contributed by atoms with van der Waals surface area (Å²) in [5.41, 5.74) is 1.69. The van der Waals surface area contributed by atoms with Gasteiger partial charge in [0.05, 0.1) is 17.8 Å².